The fourth-order valence-corrected chi connectivity index (χ4v) is 4.40. The predicted octanol–water partition coefficient (Wildman–Crippen LogP) is 3.25. The molecule has 0 aliphatic carbocycles. The minimum atomic E-state index is -0.132. The number of hydrogen-bond donors (Lipinski definition) is 0. The summed E-state index contributed by atoms with van der Waals surface area (Å²) in [7, 11) is 0. The lowest BCUT2D eigenvalue weighted by atomic mass is 9.95. The fraction of sp³-hybridized carbons (Fsp3) is 0.611. The summed E-state index contributed by atoms with van der Waals surface area (Å²) < 4.78 is 13.6. The van der Waals surface area contributed by atoms with E-state index in [0.29, 0.717) is 5.91 Å². The summed E-state index contributed by atoms with van der Waals surface area (Å²) in [6, 6.07) is 6.95. The molecule has 0 saturated carbocycles. The van der Waals surface area contributed by atoms with Crippen molar-refractivity contribution in [2.75, 3.05) is 38.5 Å². The second-order valence-corrected chi connectivity index (χ2v) is 7.56. The Morgan fingerprint density at radius 1 is 1.13 bits per heavy atom. The van der Waals surface area contributed by atoms with Crippen LogP contribution >= 0.6 is 11.8 Å². The molecule has 0 spiro atoms. The van der Waals surface area contributed by atoms with Crippen LogP contribution in [0.2, 0.25) is 0 Å². The first-order valence-corrected chi connectivity index (χ1v) is 9.61. The van der Waals surface area contributed by atoms with Gasteiger partial charge in [0.1, 0.15) is 5.82 Å². The second-order valence-electron chi connectivity index (χ2n) is 6.43. The van der Waals surface area contributed by atoms with Gasteiger partial charge < -0.3 is 9.80 Å². The molecule has 1 aromatic carbocycles. The van der Waals surface area contributed by atoms with Crippen LogP contribution in [0.5, 0.6) is 0 Å². The Bertz CT molecular complexity index is 526. The van der Waals surface area contributed by atoms with Crippen LogP contribution in [0.25, 0.3) is 0 Å². The van der Waals surface area contributed by atoms with Crippen molar-refractivity contribution in [1.82, 2.24) is 9.80 Å². The number of halogens is 1. The molecule has 126 valence electrons. The zero-order valence-electron chi connectivity index (χ0n) is 13.5. The van der Waals surface area contributed by atoms with Crippen molar-refractivity contribution in [3.8, 4) is 0 Å². The zero-order valence-corrected chi connectivity index (χ0v) is 14.4. The first-order chi connectivity index (χ1) is 11.2. The summed E-state index contributed by atoms with van der Waals surface area (Å²) in [6.07, 6.45) is 4.27. The fourth-order valence-electron chi connectivity index (χ4n) is 3.45. The van der Waals surface area contributed by atoms with Gasteiger partial charge in [0.05, 0.1) is 0 Å². The standard InChI is InChI=1S/C18H25FN2OS/c19-16-5-1-2-6-17(16)23-14-13-20-11-7-15(8-12-20)18(22)21-9-3-4-10-21/h1-2,5-6,15H,3-4,7-14H2. The number of nitrogens with zero attached hydrogens (tertiary/aromatic N) is 2. The molecule has 0 N–H and O–H groups in total. The van der Waals surface area contributed by atoms with Crippen LogP contribution in [0, 0.1) is 11.7 Å². The molecule has 1 aromatic rings. The van der Waals surface area contributed by atoms with Gasteiger partial charge in [-0.3, -0.25) is 4.79 Å². The van der Waals surface area contributed by atoms with E-state index in [-0.39, 0.29) is 11.7 Å². The summed E-state index contributed by atoms with van der Waals surface area (Å²) in [4.78, 5) is 17.6. The maximum absolute atomic E-state index is 13.6. The van der Waals surface area contributed by atoms with E-state index < -0.39 is 0 Å². The molecule has 0 atom stereocenters. The van der Waals surface area contributed by atoms with Crippen LogP contribution in [0.4, 0.5) is 4.39 Å². The van der Waals surface area contributed by atoms with Crippen LogP contribution in [0.15, 0.2) is 29.2 Å². The number of carbonyl (C=O) groups excluding carboxylic acids is 1. The van der Waals surface area contributed by atoms with Gasteiger partial charge in [0.2, 0.25) is 5.91 Å². The quantitative estimate of drug-likeness (QED) is 0.771. The van der Waals surface area contributed by atoms with Crippen LogP contribution in [0.1, 0.15) is 25.7 Å². The Labute approximate surface area is 142 Å². The zero-order chi connectivity index (χ0) is 16.1. The van der Waals surface area contributed by atoms with Crippen molar-refractivity contribution in [2.24, 2.45) is 5.92 Å². The van der Waals surface area contributed by atoms with E-state index in [9.17, 15) is 9.18 Å². The average molecular weight is 336 g/mol. The van der Waals surface area contributed by atoms with Crippen molar-refractivity contribution >= 4 is 17.7 Å². The molecule has 0 radical (unpaired) electrons. The van der Waals surface area contributed by atoms with E-state index in [2.05, 4.69) is 4.90 Å². The van der Waals surface area contributed by atoms with Crippen LogP contribution < -0.4 is 0 Å². The third-order valence-electron chi connectivity index (χ3n) is 4.86. The molecule has 1 amide bonds. The maximum atomic E-state index is 13.6. The highest BCUT2D eigenvalue weighted by Crippen LogP contribution is 2.24. The van der Waals surface area contributed by atoms with Gasteiger partial charge in [0, 0.05) is 36.2 Å². The van der Waals surface area contributed by atoms with Crippen molar-refractivity contribution in [2.45, 2.75) is 30.6 Å². The van der Waals surface area contributed by atoms with E-state index >= 15 is 0 Å². The molecule has 2 heterocycles. The lowest BCUT2D eigenvalue weighted by Gasteiger charge is -2.33. The van der Waals surface area contributed by atoms with Crippen LogP contribution in [-0.2, 0) is 4.79 Å². The molecular formula is C18H25FN2OS. The largest absolute Gasteiger partial charge is 0.342 e. The van der Waals surface area contributed by atoms with E-state index in [1.165, 1.54) is 6.07 Å². The lowest BCUT2D eigenvalue weighted by molar-refractivity contribution is -0.135. The molecule has 0 bridgehead atoms. The van der Waals surface area contributed by atoms with E-state index in [1.54, 1.807) is 17.8 Å². The highest BCUT2D eigenvalue weighted by atomic mass is 32.2. The summed E-state index contributed by atoms with van der Waals surface area (Å²) in [5.41, 5.74) is 0. The highest BCUT2D eigenvalue weighted by Gasteiger charge is 2.29. The van der Waals surface area contributed by atoms with Gasteiger partial charge in [-0.2, -0.15) is 0 Å². The summed E-state index contributed by atoms with van der Waals surface area (Å²) >= 11 is 1.58. The molecule has 2 fully saturated rings. The van der Waals surface area contributed by atoms with Crippen molar-refractivity contribution in [1.29, 1.82) is 0 Å². The van der Waals surface area contributed by atoms with Crippen LogP contribution in [-0.4, -0.2) is 54.2 Å². The third-order valence-corrected chi connectivity index (χ3v) is 5.89. The second kappa shape index (κ2) is 8.15. The molecule has 2 saturated heterocycles. The van der Waals surface area contributed by atoms with E-state index in [0.717, 1.165) is 69.1 Å². The molecule has 3 nitrogen and oxygen atoms in total. The smallest absolute Gasteiger partial charge is 0.225 e. The van der Waals surface area contributed by atoms with Crippen molar-refractivity contribution in [3.63, 3.8) is 0 Å². The number of thioether (sulfide) groups is 1. The number of piperidine rings is 1. The number of carbonyl (C=O) groups is 1. The summed E-state index contributed by atoms with van der Waals surface area (Å²) in [6.45, 7) is 4.85. The third kappa shape index (κ3) is 4.48. The Morgan fingerprint density at radius 3 is 2.52 bits per heavy atom. The summed E-state index contributed by atoms with van der Waals surface area (Å²) in [5.74, 6) is 1.37. The lowest BCUT2D eigenvalue weighted by Crippen LogP contribution is -2.42. The first-order valence-electron chi connectivity index (χ1n) is 8.62. The molecule has 23 heavy (non-hydrogen) atoms. The summed E-state index contributed by atoms with van der Waals surface area (Å²) in [5, 5.41) is 0. The van der Waals surface area contributed by atoms with Crippen molar-refractivity contribution < 1.29 is 9.18 Å². The SMILES string of the molecule is O=C(C1CCN(CCSc2ccccc2F)CC1)N1CCCC1. The number of hydrogen-bond acceptors (Lipinski definition) is 3. The Morgan fingerprint density at radius 2 is 1.83 bits per heavy atom. The normalized spacial score (nSPS) is 20.1. The van der Waals surface area contributed by atoms with Gasteiger partial charge in [-0.25, -0.2) is 4.39 Å². The maximum Gasteiger partial charge on any atom is 0.225 e. The van der Waals surface area contributed by atoms with Crippen LogP contribution in [0.3, 0.4) is 0 Å². The number of rotatable bonds is 5. The molecule has 0 aromatic heterocycles. The minimum Gasteiger partial charge on any atom is -0.342 e. The monoisotopic (exact) mass is 336 g/mol. The van der Waals surface area contributed by atoms with E-state index in [4.69, 9.17) is 0 Å². The van der Waals surface area contributed by atoms with Gasteiger partial charge in [-0.15, -0.1) is 11.8 Å². The Kier molecular flexibility index (Phi) is 5.95. The van der Waals surface area contributed by atoms with Gasteiger partial charge in [-0.05, 0) is 50.9 Å². The average Bonchev–Trinajstić information content (AvgIpc) is 3.11. The minimum absolute atomic E-state index is 0.132. The number of amides is 1. The molecule has 2 aliphatic heterocycles. The highest BCUT2D eigenvalue weighted by molar-refractivity contribution is 7.99. The predicted molar refractivity (Wildman–Crippen MR) is 92.1 cm³/mol. The van der Waals surface area contributed by atoms with Gasteiger partial charge in [-0.1, -0.05) is 12.1 Å². The van der Waals surface area contributed by atoms with E-state index in [1.807, 2.05) is 17.0 Å². The molecular weight excluding hydrogens is 311 g/mol. The Balaban J connectivity index is 1.37. The molecule has 3 rings (SSSR count). The molecule has 2 aliphatic rings. The van der Waals surface area contributed by atoms with Gasteiger partial charge in [0.25, 0.3) is 0 Å². The number of benzene rings is 1. The van der Waals surface area contributed by atoms with Gasteiger partial charge in [0.15, 0.2) is 0 Å². The number of likely N-dealkylation sites (tertiary alicyclic amines) is 2. The van der Waals surface area contributed by atoms with Crippen molar-refractivity contribution in [3.05, 3.63) is 30.1 Å². The topological polar surface area (TPSA) is 23.6 Å². The Hall–Kier alpha value is -1.07. The van der Waals surface area contributed by atoms with Gasteiger partial charge >= 0.3 is 0 Å². The molecule has 5 heteroatoms. The molecule has 0 unspecified atom stereocenters. The first kappa shape index (κ1) is 16.8.